The molecule has 2 aliphatic heterocycles. The highest BCUT2D eigenvalue weighted by Gasteiger charge is 2.44. The van der Waals surface area contributed by atoms with Crippen LogP contribution in [0.25, 0.3) is 60.6 Å². The first kappa shape index (κ1) is 54.2. The van der Waals surface area contributed by atoms with Crippen molar-refractivity contribution in [3.8, 4) is 16.8 Å². The molecule has 2 aliphatic rings. The van der Waals surface area contributed by atoms with E-state index in [9.17, 15) is 0 Å². The van der Waals surface area contributed by atoms with Crippen molar-refractivity contribution in [3.63, 3.8) is 0 Å². The Labute approximate surface area is 512 Å². The molecule has 6 heteroatoms. The van der Waals surface area contributed by atoms with Gasteiger partial charge in [-0.25, -0.2) is 0 Å². The molecule has 11 aromatic carbocycles. The molecule has 15 rings (SSSR count). The van der Waals surface area contributed by atoms with Crippen molar-refractivity contribution < 1.29 is 4.42 Å². The van der Waals surface area contributed by atoms with Crippen LogP contribution in [0.2, 0.25) is 0 Å². The van der Waals surface area contributed by atoms with E-state index in [1.54, 1.807) is 0 Å². The molecular weight excluding hydrogens is 1060 g/mol. The number of hydrogen-bond donors (Lipinski definition) is 0. The molecule has 0 N–H and O–H groups in total. The number of para-hydroxylation sites is 3. The topological polar surface area (TPSA) is 27.8 Å². The van der Waals surface area contributed by atoms with Crippen LogP contribution in [0.1, 0.15) is 95.7 Å². The highest BCUT2D eigenvalue weighted by atomic mass is 16.3. The van der Waals surface area contributed by atoms with Gasteiger partial charge in [0.05, 0.1) is 11.0 Å². The SMILES string of the molecule is Cc1cc2c3c(c1)N(c1ccc(C(C)(C)C)cc1)c1cc(C(C)(C)C)ccc1B3c1ccc(N(c3ccc(C(C)(C)C)cc3)c3ccc4c5ccccc5n(-c5ccccc5)c4c3)cc1N2c1cc(C)c(-c2ccc3c(c2)oc2ccccc23)c(C)c1. The van der Waals surface area contributed by atoms with Gasteiger partial charge in [-0.2, -0.15) is 0 Å². The van der Waals surface area contributed by atoms with Gasteiger partial charge in [0, 0.05) is 78.4 Å². The Morgan fingerprint density at radius 1 is 0.368 bits per heavy atom. The summed E-state index contributed by atoms with van der Waals surface area (Å²) in [7, 11) is 0. The maximum atomic E-state index is 6.51. The van der Waals surface area contributed by atoms with Gasteiger partial charge >= 0.3 is 0 Å². The number of benzene rings is 11. The highest BCUT2D eigenvalue weighted by Crippen LogP contribution is 2.49. The summed E-state index contributed by atoms with van der Waals surface area (Å²) >= 11 is 0. The van der Waals surface area contributed by atoms with E-state index < -0.39 is 0 Å². The predicted molar refractivity (Wildman–Crippen MR) is 373 cm³/mol. The molecule has 4 heterocycles. The van der Waals surface area contributed by atoms with E-state index in [-0.39, 0.29) is 23.0 Å². The average molecular weight is 1130 g/mol. The van der Waals surface area contributed by atoms with Gasteiger partial charge in [0.2, 0.25) is 0 Å². The molecule has 0 saturated heterocycles. The Kier molecular flexibility index (Phi) is 12.3. The van der Waals surface area contributed by atoms with Gasteiger partial charge in [-0.15, -0.1) is 0 Å². The Morgan fingerprint density at radius 2 is 0.885 bits per heavy atom. The van der Waals surface area contributed by atoms with E-state index in [1.807, 2.05) is 6.07 Å². The highest BCUT2D eigenvalue weighted by molar-refractivity contribution is 7.00. The first-order chi connectivity index (χ1) is 41.8. The van der Waals surface area contributed by atoms with Gasteiger partial charge in [-0.1, -0.05) is 172 Å². The molecule has 0 atom stereocenters. The molecule has 2 aromatic heterocycles. The minimum absolute atomic E-state index is 0.0146. The van der Waals surface area contributed by atoms with Crippen LogP contribution in [-0.2, 0) is 16.2 Å². The number of hydrogen-bond acceptors (Lipinski definition) is 4. The van der Waals surface area contributed by atoms with E-state index in [4.69, 9.17) is 4.42 Å². The summed E-state index contributed by atoms with van der Waals surface area (Å²) in [5.74, 6) is 0. The second kappa shape index (κ2) is 19.8. The molecule has 0 spiro atoms. The van der Waals surface area contributed by atoms with Crippen LogP contribution in [0.4, 0.5) is 51.2 Å². The number of rotatable bonds is 7. The van der Waals surface area contributed by atoms with Crippen LogP contribution in [0, 0.1) is 20.8 Å². The lowest BCUT2D eigenvalue weighted by atomic mass is 9.33. The van der Waals surface area contributed by atoms with Crippen molar-refractivity contribution in [1.82, 2.24) is 4.57 Å². The molecule has 13 aromatic rings. The standard InChI is InChI=1S/C81H73BN4O/c1-50-42-73-78-74(43-50)86(62-44-51(2)77(52(3)45-62)53-26-38-66-65-23-17-19-25-75(65)87-76(66)46-53)72-49-61(37-41-68(72)82(78)67-40-31-56(81(10,11)12)47-71(67)85(73)59-34-29-55(30-35-59)80(7,8)9)83(58-32-27-54(28-33-58)79(4,5)6)60-36-39-64-63-22-16-18-24-69(63)84(70(64)48-60)57-20-14-13-15-21-57/h13-49H,1-12H3. The first-order valence-electron chi connectivity index (χ1n) is 30.9. The largest absolute Gasteiger partial charge is 0.456 e. The number of aromatic nitrogens is 1. The maximum absolute atomic E-state index is 6.51. The lowest BCUT2D eigenvalue weighted by Gasteiger charge is -2.45. The van der Waals surface area contributed by atoms with Crippen molar-refractivity contribution in [1.29, 1.82) is 0 Å². The van der Waals surface area contributed by atoms with E-state index in [0.717, 1.165) is 72.8 Å². The summed E-state index contributed by atoms with van der Waals surface area (Å²) < 4.78 is 8.94. The van der Waals surface area contributed by atoms with Crippen molar-refractivity contribution in [2.24, 2.45) is 0 Å². The lowest BCUT2D eigenvalue weighted by Crippen LogP contribution is -2.61. The lowest BCUT2D eigenvalue weighted by molar-refractivity contribution is 0.590. The van der Waals surface area contributed by atoms with Gasteiger partial charge < -0.3 is 23.7 Å². The maximum Gasteiger partial charge on any atom is 0.252 e. The summed E-state index contributed by atoms with van der Waals surface area (Å²) in [6, 6.07) is 84.8. The molecule has 0 radical (unpaired) electrons. The zero-order valence-corrected chi connectivity index (χ0v) is 52.1. The molecule has 0 fully saturated rings. The Bertz CT molecular complexity index is 4890. The summed E-state index contributed by atoms with van der Waals surface area (Å²) in [4.78, 5) is 7.65. The molecule has 0 saturated carbocycles. The number of aryl methyl sites for hydroxylation is 3. The Morgan fingerprint density at radius 3 is 1.56 bits per heavy atom. The van der Waals surface area contributed by atoms with Crippen LogP contribution in [0.5, 0.6) is 0 Å². The zero-order chi connectivity index (χ0) is 60.0. The number of anilines is 9. The summed E-state index contributed by atoms with van der Waals surface area (Å²) in [6.07, 6.45) is 0. The molecule has 87 heavy (non-hydrogen) atoms. The number of furan rings is 1. The summed E-state index contributed by atoms with van der Waals surface area (Å²) in [5.41, 5.74) is 29.3. The third-order valence-electron chi connectivity index (χ3n) is 18.7. The van der Waals surface area contributed by atoms with E-state index >= 15 is 0 Å². The molecule has 426 valence electrons. The van der Waals surface area contributed by atoms with E-state index in [0.29, 0.717) is 0 Å². The Balaban J connectivity index is 0.986. The second-order valence-corrected chi connectivity index (χ2v) is 27.7. The fourth-order valence-corrected chi connectivity index (χ4v) is 14.3. The van der Waals surface area contributed by atoms with Crippen LogP contribution in [0.15, 0.2) is 229 Å². The van der Waals surface area contributed by atoms with Gasteiger partial charge in [0.15, 0.2) is 0 Å². The minimum Gasteiger partial charge on any atom is -0.456 e. The number of fused-ring (bicyclic) bond motifs is 10. The zero-order valence-electron chi connectivity index (χ0n) is 52.1. The normalized spacial score (nSPS) is 13.2. The van der Waals surface area contributed by atoms with E-state index in [2.05, 4.69) is 321 Å². The van der Waals surface area contributed by atoms with Gasteiger partial charge in [-0.05, 0) is 213 Å². The molecule has 5 nitrogen and oxygen atoms in total. The Hall–Kier alpha value is -9.52. The van der Waals surface area contributed by atoms with Crippen molar-refractivity contribution in [2.45, 2.75) is 99.3 Å². The van der Waals surface area contributed by atoms with Crippen LogP contribution >= 0.6 is 0 Å². The fraction of sp³-hybridized carbons (Fsp3) is 0.185. The summed E-state index contributed by atoms with van der Waals surface area (Å²) in [5, 5.41) is 4.72. The fourth-order valence-electron chi connectivity index (χ4n) is 14.3. The molecule has 0 amide bonds. The molecule has 0 aliphatic carbocycles. The summed E-state index contributed by atoms with van der Waals surface area (Å²) in [6.45, 7) is 27.6. The van der Waals surface area contributed by atoms with Crippen molar-refractivity contribution in [3.05, 3.63) is 258 Å². The van der Waals surface area contributed by atoms with E-state index in [1.165, 1.54) is 88.7 Å². The van der Waals surface area contributed by atoms with Gasteiger partial charge in [0.25, 0.3) is 6.71 Å². The quantitative estimate of drug-likeness (QED) is 0.149. The first-order valence-corrected chi connectivity index (χ1v) is 30.9. The van der Waals surface area contributed by atoms with Crippen molar-refractivity contribution >= 4 is 118 Å². The van der Waals surface area contributed by atoms with Crippen molar-refractivity contribution in [2.75, 3.05) is 14.7 Å². The van der Waals surface area contributed by atoms with Crippen LogP contribution in [-0.4, -0.2) is 11.3 Å². The number of nitrogens with zero attached hydrogens (tertiary/aromatic N) is 4. The van der Waals surface area contributed by atoms with Gasteiger partial charge in [0.1, 0.15) is 11.2 Å². The molecule has 0 unspecified atom stereocenters. The smallest absolute Gasteiger partial charge is 0.252 e. The third-order valence-corrected chi connectivity index (χ3v) is 18.7. The predicted octanol–water partition coefficient (Wildman–Crippen LogP) is 20.7. The molecule has 0 bridgehead atoms. The van der Waals surface area contributed by atoms with Crippen LogP contribution < -0.4 is 31.1 Å². The minimum atomic E-state index is -0.0717. The monoisotopic (exact) mass is 1130 g/mol. The second-order valence-electron chi connectivity index (χ2n) is 27.7. The third kappa shape index (κ3) is 8.89. The van der Waals surface area contributed by atoms with Crippen LogP contribution in [0.3, 0.4) is 0 Å². The molecular formula is C81H73BN4O. The average Bonchev–Trinajstić information content (AvgIpc) is 1.38. The van der Waals surface area contributed by atoms with Gasteiger partial charge in [-0.3, -0.25) is 0 Å².